The van der Waals surface area contributed by atoms with Crippen LogP contribution in [-0.4, -0.2) is 33.5 Å². The van der Waals surface area contributed by atoms with Gasteiger partial charge in [0, 0.05) is 10.7 Å². The summed E-state index contributed by atoms with van der Waals surface area (Å²) < 4.78 is 0.780. The number of halogens is 1. The van der Waals surface area contributed by atoms with Crippen molar-refractivity contribution in [3.63, 3.8) is 0 Å². The van der Waals surface area contributed by atoms with Crippen molar-refractivity contribution >= 4 is 56.6 Å². The normalized spacial score (nSPS) is 15.7. The highest BCUT2D eigenvalue weighted by atomic mass is 79.9. The van der Waals surface area contributed by atoms with Crippen LogP contribution in [0.15, 0.2) is 58.0 Å². The maximum atomic E-state index is 12.4. The zero-order valence-corrected chi connectivity index (χ0v) is 15.2. The van der Waals surface area contributed by atoms with Gasteiger partial charge >= 0.3 is 0 Å². The van der Waals surface area contributed by atoms with Crippen LogP contribution in [0.4, 0.5) is 10.6 Å². The molecule has 0 atom stereocenters. The molecule has 1 N–H and O–H groups in total. The molecule has 25 heavy (non-hydrogen) atoms. The number of pyridine rings is 1. The molecule has 3 rings (SSSR count). The molecule has 0 spiro atoms. The van der Waals surface area contributed by atoms with Crippen LogP contribution in [0.25, 0.3) is 6.08 Å². The lowest BCUT2D eigenvalue weighted by Crippen LogP contribution is -2.36. The van der Waals surface area contributed by atoms with Crippen molar-refractivity contribution in [1.82, 2.24) is 9.88 Å². The third kappa shape index (κ3) is 4.34. The largest absolute Gasteiger partial charge is 0.309 e. The highest BCUT2D eigenvalue weighted by Crippen LogP contribution is 2.32. The molecule has 0 aliphatic carbocycles. The third-order valence-electron chi connectivity index (χ3n) is 3.27. The number of hydrogen-bond acceptors (Lipinski definition) is 5. The molecule has 0 unspecified atom stereocenters. The van der Waals surface area contributed by atoms with Crippen LogP contribution in [-0.2, 0) is 9.59 Å². The number of nitrogens with one attached hydrogen (secondary N) is 1. The van der Waals surface area contributed by atoms with E-state index in [4.69, 9.17) is 0 Å². The van der Waals surface area contributed by atoms with Gasteiger partial charge in [0.05, 0.1) is 4.91 Å². The standard InChI is InChI=1S/C17H12BrN3O3S/c18-12-6-7-14(19-9-12)20-15(22)10-21-16(23)13(25-17(21)24)8-11-4-2-1-3-5-11/h1-9H,10H2,(H,19,20,22)/b13-8+. The summed E-state index contributed by atoms with van der Waals surface area (Å²) in [5, 5.41) is 2.09. The van der Waals surface area contributed by atoms with Crippen LogP contribution >= 0.6 is 27.7 Å². The number of aromatic nitrogens is 1. The summed E-state index contributed by atoms with van der Waals surface area (Å²) in [6.07, 6.45) is 3.18. The van der Waals surface area contributed by atoms with E-state index in [9.17, 15) is 14.4 Å². The fraction of sp³-hybridized carbons (Fsp3) is 0.0588. The Morgan fingerprint density at radius 3 is 2.64 bits per heavy atom. The van der Waals surface area contributed by atoms with Gasteiger partial charge in [0.2, 0.25) is 5.91 Å². The van der Waals surface area contributed by atoms with E-state index in [-0.39, 0.29) is 6.54 Å². The van der Waals surface area contributed by atoms with E-state index in [0.29, 0.717) is 10.7 Å². The van der Waals surface area contributed by atoms with Gasteiger partial charge < -0.3 is 5.32 Å². The number of carbonyl (C=O) groups excluding carboxylic acids is 3. The Balaban J connectivity index is 1.67. The predicted octanol–water partition coefficient (Wildman–Crippen LogP) is 3.52. The Kier molecular flexibility index (Phi) is 5.30. The van der Waals surface area contributed by atoms with Crippen molar-refractivity contribution in [3.05, 3.63) is 63.6 Å². The smallest absolute Gasteiger partial charge is 0.294 e. The number of hydrogen-bond donors (Lipinski definition) is 1. The van der Waals surface area contributed by atoms with Crippen molar-refractivity contribution in [2.45, 2.75) is 0 Å². The number of anilines is 1. The first-order valence-corrected chi connectivity index (χ1v) is 8.86. The summed E-state index contributed by atoms with van der Waals surface area (Å²) in [7, 11) is 0. The Bertz CT molecular complexity index is 853. The highest BCUT2D eigenvalue weighted by Gasteiger charge is 2.36. The molecule has 1 saturated heterocycles. The van der Waals surface area contributed by atoms with E-state index in [1.54, 1.807) is 24.4 Å². The second-order valence-corrected chi connectivity index (χ2v) is 7.00. The van der Waals surface area contributed by atoms with Crippen molar-refractivity contribution in [2.24, 2.45) is 0 Å². The predicted molar refractivity (Wildman–Crippen MR) is 99.7 cm³/mol. The van der Waals surface area contributed by atoms with E-state index in [1.165, 1.54) is 0 Å². The van der Waals surface area contributed by atoms with Gasteiger partial charge in [0.15, 0.2) is 0 Å². The Morgan fingerprint density at radius 2 is 1.96 bits per heavy atom. The van der Waals surface area contributed by atoms with Crippen LogP contribution in [0, 0.1) is 0 Å². The molecule has 2 aromatic rings. The molecule has 2 heterocycles. The van der Waals surface area contributed by atoms with Gasteiger partial charge in [-0.2, -0.15) is 0 Å². The molecule has 0 bridgehead atoms. The molecule has 1 fully saturated rings. The molecule has 8 heteroatoms. The molecule has 0 saturated carbocycles. The fourth-order valence-electron chi connectivity index (χ4n) is 2.11. The summed E-state index contributed by atoms with van der Waals surface area (Å²) in [5.41, 5.74) is 0.816. The zero-order chi connectivity index (χ0) is 17.8. The van der Waals surface area contributed by atoms with E-state index >= 15 is 0 Å². The van der Waals surface area contributed by atoms with Gasteiger partial charge in [-0.05, 0) is 51.5 Å². The van der Waals surface area contributed by atoms with Gasteiger partial charge in [-0.3, -0.25) is 19.3 Å². The molecule has 1 aromatic carbocycles. The minimum Gasteiger partial charge on any atom is -0.309 e. The van der Waals surface area contributed by atoms with E-state index in [1.807, 2.05) is 30.3 Å². The zero-order valence-electron chi connectivity index (χ0n) is 12.8. The average molecular weight is 418 g/mol. The number of imide groups is 1. The monoisotopic (exact) mass is 417 g/mol. The molecule has 1 aliphatic heterocycles. The third-order valence-corrected chi connectivity index (χ3v) is 4.64. The van der Waals surface area contributed by atoms with Gasteiger partial charge in [-0.25, -0.2) is 4.98 Å². The minimum absolute atomic E-state index is 0.297. The van der Waals surface area contributed by atoms with Crippen molar-refractivity contribution in [3.8, 4) is 0 Å². The summed E-state index contributed by atoms with van der Waals surface area (Å²) >= 11 is 4.07. The molecule has 126 valence electrons. The van der Waals surface area contributed by atoms with Gasteiger partial charge in [-0.1, -0.05) is 30.3 Å². The minimum atomic E-state index is -0.488. The average Bonchev–Trinajstić information content (AvgIpc) is 2.85. The van der Waals surface area contributed by atoms with Crippen molar-refractivity contribution in [2.75, 3.05) is 11.9 Å². The second kappa shape index (κ2) is 7.62. The first-order valence-electron chi connectivity index (χ1n) is 7.25. The van der Waals surface area contributed by atoms with Crippen LogP contribution in [0.2, 0.25) is 0 Å². The van der Waals surface area contributed by atoms with Gasteiger partial charge in [0.25, 0.3) is 11.1 Å². The summed E-state index contributed by atoms with van der Waals surface area (Å²) in [4.78, 5) is 41.7. The highest BCUT2D eigenvalue weighted by molar-refractivity contribution is 9.10. The SMILES string of the molecule is O=C(CN1C(=O)S/C(=C/c2ccccc2)C1=O)Nc1ccc(Br)cn1. The molecule has 3 amide bonds. The van der Waals surface area contributed by atoms with E-state index in [2.05, 4.69) is 26.2 Å². The number of carbonyl (C=O) groups is 3. The van der Waals surface area contributed by atoms with Crippen LogP contribution < -0.4 is 5.32 Å². The van der Waals surface area contributed by atoms with Gasteiger partial charge in [-0.15, -0.1) is 0 Å². The van der Waals surface area contributed by atoms with Crippen molar-refractivity contribution in [1.29, 1.82) is 0 Å². The molecular formula is C17H12BrN3O3S. The molecular weight excluding hydrogens is 406 g/mol. The molecule has 6 nitrogen and oxygen atoms in total. The maximum absolute atomic E-state index is 12.4. The molecule has 1 aromatic heterocycles. The Morgan fingerprint density at radius 1 is 1.20 bits per heavy atom. The van der Waals surface area contributed by atoms with Crippen LogP contribution in [0.1, 0.15) is 5.56 Å². The number of rotatable bonds is 4. The summed E-state index contributed by atoms with van der Waals surface area (Å²) in [6, 6.07) is 12.6. The number of benzene rings is 1. The van der Waals surface area contributed by atoms with Crippen LogP contribution in [0.3, 0.4) is 0 Å². The number of nitrogens with zero attached hydrogens (tertiary/aromatic N) is 2. The maximum Gasteiger partial charge on any atom is 0.294 e. The fourth-order valence-corrected chi connectivity index (χ4v) is 3.19. The number of thioether (sulfide) groups is 1. The van der Waals surface area contributed by atoms with Crippen molar-refractivity contribution < 1.29 is 14.4 Å². The summed E-state index contributed by atoms with van der Waals surface area (Å²) in [5.74, 6) is -0.615. The Labute approximate surface area is 156 Å². The summed E-state index contributed by atoms with van der Waals surface area (Å²) in [6.45, 7) is -0.353. The van der Waals surface area contributed by atoms with Crippen LogP contribution in [0.5, 0.6) is 0 Å². The lowest BCUT2D eigenvalue weighted by atomic mass is 10.2. The first kappa shape index (κ1) is 17.4. The quantitative estimate of drug-likeness (QED) is 0.769. The Hall–Kier alpha value is -2.45. The lowest BCUT2D eigenvalue weighted by Gasteiger charge is -2.12. The lowest BCUT2D eigenvalue weighted by molar-refractivity contribution is -0.127. The van der Waals surface area contributed by atoms with Gasteiger partial charge in [0.1, 0.15) is 12.4 Å². The van der Waals surface area contributed by atoms with E-state index in [0.717, 1.165) is 26.7 Å². The molecule has 1 aliphatic rings. The number of amides is 3. The second-order valence-electron chi connectivity index (χ2n) is 5.09. The molecule has 0 radical (unpaired) electrons. The topological polar surface area (TPSA) is 79.4 Å². The first-order chi connectivity index (χ1) is 12.0. The van der Waals surface area contributed by atoms with E-state index < -0.39 is 17.1 Å².